The number of esters is 1. The number of pyridine rings is 1. The van der Waals surface area contributed by atoms with E-state index in [2.05, 4.69) is 4.98 Å². The Labute approximate surface area is 131 Å². The minimum atomic E-state index is -0.535. The second-order valence-corrected chi connectivity index (χ2v) is 5.03. The molecule has 23 heavy (non-hydrogen) atoms. The lowest BCUT2D eigenvalue weighted by atomic mass is 10.0. The number of benzene rings is 2. The van der Waals surface area contributed by atoms with Crippen LogP contribution in [-0.2, 0) is 0 Å². The minimum absolute atomic E-state index is 0.136. The summed E-state index contributed by atoms with van der Waals surface area (Å²) >= 11 is 0. The van der Waals surface area contributed by atoms with Crippen LogP contribution in [-0.4, -0.2) is 16.7 Å². The number of ketones is 1. The highest BCUT2D eigenvalue weighted by atomic mass is 16.5. The quantitative estimate of drug-likeness (QED) is 0.458. The van der Waals surface area contributed by atoms with Crippen molar-refractivity contribution >= 4 is 22.7 Å². The molecular formula is C18H13NO4. The molecule has 3 rings (SSSR count). The van der Waals surface area contributed by atoms with E-state index in [1.54, 1.807) is 42.5 Å². The summed E-state index contributed by atoms with van der Waals surface area (Å²) in [6.07, 6.45) is 0. The molecule has 1 heterocycles. The van der Waals surface area contributed by atoms with Crippen molar-refractivity contribution in [2.45, 2.75) is 6.92 Å². The van der Waals surface area contributed by atoms with Crippen LogP contribution in [0.5, 0.6) is 5.75 Å². The maximum atomic E-state index is 12.2. The van der Waals surface area contributed by atoms with Gasteiger partial charge >= 0.3 is 5.97 Å². The topological polar surface area (TPSA) is 76.2 Å². The molecule has 1 N–H and O–H groups in total. The molecule has 0 radical (unpaired) electrons. The summed E-state index contributed by atoms with van der Waals surface area (Å²) in [5.74, 6) is -0.466. The van der Waals surface area contributed by atoms with Gasteiger partial charge in [-0.25, -0.2) is 4.79 Å². The molecule has 114 valence electrons. The number of nitrogens with one attached hydrogen (secondary N) is 1. The molecule has 5 nitrogen and oxygen atoms in total. The first-order valence-electron chi connectivity index (χ1n) is 7.00. The van der Waals surface area contributed by atoms with E-state index in [-0.39, 0.29) is 17.1 Å². The Hall–Kier alpha value is -3.21. The van der Waals surface area contributed by atoms with Crippen LogP contribution in [0.1, 0.15) is 27.6 Å². The first-order chi connectivity index (χ1) is 11.1. The number of hydrogen-bond acceptors (Lipinski definition) is 4. The summed E-state index contributed by atoms with van der Waals surface area (Å²) in [7, 11) is 0. The van der Waals surface area contributed by atoms with Crippen LogP contribution in [0.2, 0.25) is 0 Å². The molecule has 0 bridgehead atoms. The fraction of sp³-hybridized carbons (Fsp3) is 0.0556. The van der Waals surface area contributed by atoms with Crippen LogP contribution in [0.25, 0.3) is 10.9 Å². The fourth-order valence-electron chi connectivity index (χ4n) is 2.35. The smallest absolute Gasteiger partial charge is 0.343 e. The summed E-state index contributed by atoms with van der Waals surface area (Å²) < 4.78 is 5.38. The van der Waals surface area contributed by atoms with E-state index >= 15 is 0 Å². The number of carbonyl (C=O) groups is 2. The van der Waals surface area contributed by atoms with Gasteiger partial charge < -0.3 is 9.72 Å². The van der Waals surface area contributed by atoms with E-state index in [9.17, 15) is 14.4 Å². The number of fused-ring (bicyclic) bond motifs is 1. The normalized spacial score (nSPS) is 10.5. The molecule has 0 aliphatic carbocycles. The van der Waals surface area contributed by atoms with E-state index in [1.807, 2.05) is 0 Å². The molecule has 0 unspecified atom stereocenters. The van der Waals surface area contributed by atoms with Gasteiger partial charge in [0.2, 0.25) is 5.56 Å². The fourth-order valence-corrected chi connectivity index (χ4v) is 2.35. The summed E-state index contributed by atoms with van der Waals surface area (Å²) in [6, 6.07) is 14.5. The van der Waals surface area contributed by atoms with Crippen LogP contribution in [0.4, 0.5) is 0 Å². The number of ether oxygens (including phenoxy) is 1. The second-order valence-electron chi connectivity index (χ2n) is 5.03. The number of Topliss-reactive ketones (excluding diaryl/α,β-unsaturated/α-hetero) is 1. The summed E-state index contributed by atoms with van der Waals surface area (Å²) in [4.78, 5) is 38.1. The van der Waals surface area contributed by atoms with Gasteiger partial charge in [0.05, 0.1) is 11.1 Å². The predicted octanol–water partition coefficient (Wildman–Crippen LogP) is 2.95. The highest BCUT2D eigenvalue weighted by Gasteiger charge is 2.14. The average Bonchev–Trinajstić information content (AvgIpc) is 2.55. The van der Waals surface area contributed by atoms with Gasteiger partial charge in [0, 0.05) is 17.0 Å². The first-order valence-corrected chi connectivity index (χ1v) is 7.00. The maximum absolute atomic E-state index is 12.2. The molecule has 3 aromatic rings. The molecular weight excluding hydrogens is 294 g/mol. The molecule has 0 saturated carbocycles. The Balaban J connectivity index is 2.10. The van der Waals surface area contributed by atoms with Gasteiger partial charge in [-0.1, -0.05) is 18.2 Å². The van der Waals surface area contributed by atoms with Crippen LogP contribution in [0.15, 0.2) is 59.4 Å². The van der Waals surface area contributed by atoms with Crippen LogP contribution in [0, 0.1) is 0 Å². The van der Waals surface area contributed by atoms with Gasteiger partial charge in [-0.05, 0) is 37.3 Å². The minimum Gasteiger partial charge on any atom is -0.421 e. The first kappa shape index (κ1) is 14.7. The summed E-state index contributed by atoms with van der Waals surface area (Å²) in [5, 5.41) is 0.537. The SMILES string of the molecule is CC(=O)c1ccc(OC(=O)c2ccccc2)c2[nH]c(=O)ccc12. The molecule has 1 aromatic heterocycles. The molecule has 0 atom stereocenters. The van der Waals surface area contributed by atoms with Crippen molar-refractivity contribution in [3.63, 3.8) is 0 Å². The van der Waals surface area contributed by atoms with Crippen molar-refractivity contribution in [1.82, 2.24) is 4.98 Å². The third-order valence-corrected chi connectivity index (χ3v) is 3.45. The van der Waals surface area contributed by atoms with Crippen molar-refractivity contribution in [2.75, 3.05) is 0 Å². The molecule has 0 aliphatic heterocycles. The summed E-state index contributed by atoms with van der Waals surface area (Å²) in [5.41, 5.74) is 0.843. The lowest BCUT2D eigenvalue weighted by Crippen LogP contribution is -2.11. The number of aromatic nitrogens is 1. The van der Waals surface area contributed by atoms with Crippen molar-refractivity contribution < 1.29 is 14.3 Å². The zero-order valence-corrected chi connectivity index (χ0v) is 12.3. The number of aromatic amines is 1. The molecule has 5 heteroatoms. The molecule has 0 aliphatic rings. The maximum Gasteiger partial charge on any atom is 0.343 e. The molecule has 0 amide bonds. The largest absolute Gasteiger partial charge is 0.421 e. The Bertz CT molecular complexity index is 958. The second kappa shape index (κ2) is 5.88. The van der Waals surface area contributed by atoms with E-state index < -0.39 is 5.97 Å². The third-order valence-electron chi connectivity index (χ3n) is 3.45. The van der Waals surface area contributed by atoms with Gasteiger partial charge in [0.15, 0.2) is 11.5 Å². The van der Waals surface area contributed by atoms with Crippen LogP contribution >= 0.6 is 0 Å². The van der Waals surface area contributed by atoms with Crippen LogP contribution in [0.3, 0.4) is 0 Å². The highest BCUT2D eigenvalue weighted by molar-refractivity contribution is 6.08. The lowest BCUT2D eigenvalue weighted by molar-refractivity contribution is 0.0736. The van der Waals surface area contributed by atoms with E-state index in [0.29, 0.717) is 22.0 Å². The Kier molecular flexibility index (Phi) is 3.76. The van der Waals surface area contributed by atoms with Crippen molar-refractivity contribution in [1.29, 1.82) is 0 Å². The van der Waals surface area contributed by atoms with Gasteiger partial charge in [0.1, 0.15) is 0 Å². The molecule has 2 aromatic carbocycles. The number of rotatable bonds is 3. The zero-order chi connectivity index (χ0) is 16.4. The highest BCUT2D eigenvalue weighted by Crippen LogP contribution is 2.27. The summed E-state index contributed by atoms with van der Waals surface area (Å²) in [6.45, 7) is 1.44. The average molecular weight is 307 g/mol. The molecule has 0 spiro atoms. The van der Waals surface area contributed by atoms with Gasteiger partial charge in [-0.2, -0.15) is 0 Å². The Morgan fingerprint density at radius 3 is 2.39 bits per heavy atom. The molecule has 0 fully saturated rings. The van der Waals surface area contributed by atoms with Gasteiger partial charge in [-0.15, -0.1) is 0 Å². The number of hydrogen-bond donors (Lipinski definition) is 1. The van der Waals surface area contributed by atoms with Crippen molar-refractivity contribution in [3.05, 3.63) is 76.1 Å². The predicted molar refractivity (Wildman–Crippen MR) is 86.0 cm³/mol. The lowest BCUT2D eigenvalue weighted by Gasteiger charge is -2.10. The van der Waals surface area contributed by atoms with Gasteiger partial charge in [-0.3, -0.25) is 9.59 Å². The van der Waals surface area contributed by atoms with E-state index in [0.717, 1.165) is 0 Å². The van der Waals surface area contributed by atoms with E-state index in [1.165, 1.54) is 19.1 Å². The number of carbonyl (C=O) groups excluding carboxylic acids is 2. The van der Waals surface area contributed by atoms with Crippen molar-refractivity contribution in [3.8, 4) is 5.75 Å². The Morgan fingerprint density at radius 2 is 1.70 bits per heavy atom. The van der Waals surface area contributed by atoms with Gasteiger partial charge in [0.25, 0.3) is 0 Å². The monoisotopic (exact) mass is 307 g/mol. The zero-order valence-electron chi connectivity index (χ0n) is 12.3. The van der Waals surface area contributed by atoms with Crippen molar-refractivity contribution in [2.24, 2.45) is 0 Å². The van der Waals surface area contributed by atoms with Crippen LogP contribution < -0.4 is 10.3 Å². The van der Waals surface area contributed by atoms with E-state index in [4.69, 9.17) is 4.74 Å². The Morgan fingerprint density at radius 1 is 0.957 bits per heavy atom. The number of H-pyrrole nitrogens is 1. The standard InChI is InChI=1S/C18H13NO4/c1-11(20)13-7-9-15(17-14(13)8-10-16(21)19-17)23-18(22)12-5-3-2-4-6-12/h2-10H,1H3,(H,19,21). The third kappa shape index (κ3) is 2.89. The molecule has 0 saturated heterocycles.